The van der Waals surface area contributed by atoms with Crippen molar-refractivity contribution in [1.29, 1.82) is 0 Å². The number of hydrogen-bond acceptors (Lipinski definition) is 7. The fourth-order valence-electron chi connectivity index (χ4n) is 3.23. The summed E-state index contributed by atoms with van der Waals surface area (Å²) in [7, 11) is -3.85. The molecule has 0 bridgehead atoms. The lowest BCUT2D eigenvalue weighted by atomic mass is 10.2. The Hall–Kier alpha value is -2.58. The normalized spacial score (nSPS) is 20.7. The van der Waals surface area contributed by atoms with Gasteiger partial charge in [0.15, 0.2) is 5.76 Å². The van der Waals surface area contributed by atoms with Crippen molar-refractivity contribution in [2.45, 2.75) is 36.0 Å². The number of nitrogens with zero attached hydrogens (tertiary/aromatic N) is 2. The Balaban J connectivity index is 1.84. The van der Waals surface area contributed by atoms with Gasteiger partial charge in [0.2, 0.25) is 20.7 Å². The molecule has 0 amide bonds. The second-order valence-electron chi connectivity index (χ2n) is 6.59. The summed E-state index contributed by atoms with van der Waals surface area (Å²) in [6.45, 7) is 4.90. The lowest BCUT2D eigenvalue weighted by molar-refractivity contribution is -0.00657. The molecule has 0 unspecified atom stereocenters. The molecular formula is C19H20N2O5S. The number of aromatic nitrogens is 1. The first-order chi connectivity index (χ1) is 12.9. The molecule has 0 N–H and O–H groups in total. The number of oxazole rings is 1. The molecule has 1 aromatic carbocycles. The zero-order valence-corrected chi connectivity index (χ0v) is 15.8. The van der Waals surface area contributed by atoms with Crippen LogP contribution in [-0.2, 0) is 14.6 Å². The number of furan rings is 1. The highest BCUT2D eigenvalue weighted by atomic mass is 32.2. The lowest BCUT2D eigenvalue weighted by Gasteiger charge is -2.35. The maximum Gasteiger partial charge on any atom is 0.266 e. The van der Waals surface area contributed by atoms with E-state index >= 15 is 0 Å². The molecule has 1 aliphatic rings. The van der Waals surface area contributed by atoms with Crippen LogP contribution in [0.2, 0.25) is 0 Å². The van der Waals surface area contributed by atoms with Crippen LogP contribution in [0.5, 0.6) is 0 Å². The Labute approximate surface area is 157 Å². The van der Waals surface area contributed by atoms with Gasteiger partial charge >= 0.3 is 0 Å². The molecule has 27 heavy (non-hydrogen) atoms. The Kier molecular flexibility index (Phi) is 4.53. The summed E-state index contributed by atoms with van der Waals surface area (Å²) in [6.07, 6.45) is 1.38. The van der Waals surface area contributed by atoms with Crippen LogP contribution in [0.15, 0.2) is 67.5 Å². The summed E-state index contributed by atoms with van der Waals surface area (Å²) in [4.78, 5) is 6.33. The van der Waals surface area contributed by atoms with E-state index in [1.54, 1.807) is 42.5 Å². The highest BCUT2D eigenvalue weighted by molar-refractivity contribution is 7.91. The molecule has 1 saturated heterocycles. The van der Waals surface area contributed by atoms with Crippen LogP contribution in [0.4, 0.5) is 5.88 Å². The number of morpholine rings is 1. The minimum Gasteiger partial charge on any atom is -0.459 e. The Morgan fingerprint density at radius 1 is 1.04 bits per heavy atom. The second kappa shape index (κ2) is 6.86. The fraction of sp³-hybridized carbons (Fsp3) is 0.316. The first kappa shape index (κ1) is 17.8. The molecular weight excluding hydrogens is 368 g/mol. The molecule has 2 aromatic heterocycles. The topological polar surface area (TPSA) is 85.8 Å². The van der Waals surface area contributed by atoms with E-state index in [2.05, 4.69) is 4.98 Å². The Morgan fingerprint density at radius 3 is 2.37 bits per heavy atom. The van der Waals surface area contributed by atoms with Gasteiger partial charge in [0.25, 0.3) is 5.89 Å². The van der Waals surface area contributed by atoms with Gasteiger partial charge in [0.05, 0.1) is 23.4 Å². The summed E-state index contributed by atoms with van der Waals surface area (Å²) >= 11 is 0. The van der Waals surface area contributed by atoms with Gasteiger partial charge in [-0.25, -0.2) is 8.42 Å². The van der Waals surface area contributed by atoms with E-state index in [0.29, 0.717) is 18.8 Å². The third-order valence-corrected chi connectivity index (χ3v) is 5.99. The van der Waals surface area contributed by atoms with E-state index in [0.717, 1.165) is 0 Å². The maximum absolute atomic E-state index is 13.2. The summed E-state index contributed by atoms with van der Waals surface area (Å²) < 4.78 is 43.5. The van der Waals surface area contributed by atoms with Gasteiger partial charge in [0, 0.05) is 13.1 Å². The lowest BCUT2D eigenvalue weighted by Crippen LogP contribution is -2.45. The second-order valence-corrected chi connectivity index (χ2v) is 8.45. The molecule has 7 nitrogen and oxygen atoms in total. The predicted molar refractivity (Wildman–Crippen MR) is 98.3 cm³/mol. The van der Waals surface area contributed by atoms with Crippen molar-refractivity contribution in [3.05, 3.63) is 48.7 Å². The summed E-state index contributed by atoms with van der Waals surface area (Å²) in [5.74, 6) is 0.726. The standard InChI is InChI=1S/C19H20N2O5S/c1-13-11-21(12-14(2)25-13)19-18(20-17(26-19)16-9-6-10-24-16)27(22,23)15-7-4-3-5-8-15/h3-10,13-14H,11-12H2,1-2H3/t13-,14+. The molecule has 1 aliphatic heterocycles. The monoisotopic (exact) mass is 388 g/mol. The first-order valence-electron chi connectivity index (χ1n) is 8.70. The summed E-state index contributed by atoms with van der Waals surface area (Å²) in [5, 5.41) is -0.110. The number of ether oxygens (including phenoxy) is 1. The van der Waals surface area contributed by atoms with Crippen LogP contribution in [0, 0.1) is 0 Å². The van der Waals surface area contributed by atoms with Crippen molar-refractivity contribution in [1.82, 2.24) is 4.98 Å². The molecule has 2 atom stereocenters. The van der Waals surface area contributed by atoms with E-state index in [-0.39, 0.29) is 33.9 Å². The molecule has 0 saturated carbocycles. The largest absolute Gasteiger partial charge is 0.459 e. The summed E-state index contributed by atoms with van der Waals surface area (Å²) in [6, 6.07) is 11.6. The number of sulfone groups is 1. The average Bonchev–Trinajstić information content (AvgIpc) is 3.31. The van der Waals surface area contributed by atoms with Crippen molar-refractivity contribution in [3.8, 4) is 11.7 Å². The van der Waals surface area contributed by atoms with Gasteiger partial charge in [-0.1, -0.05) is 18.2 Å². The van der Waals surface area contributed by atoms with Gasteiger partial charge in [-0.2, -0.15) is 4.98 Å². The van der Waals surface area contributed by atoms with Crippen molar-refractivity contribution in [2.75, 3.05) is 18.0 Å². The SMILES string of the molecule is C[C@@H]1CN(c2oc(-c3ccco3)nc2S(=O)(=O)c2ccccc2)C[C@H](C)O1. The summed E-state index contributed by atoms with van der Waals surface area (Å²) in [5.41, 5.74) is 0. The van der Waals surface area contributed by atoms with Gasteiger partial charge in [-0.3, -0.25) is 0 Å². The third kappa shape index (κ3) is 3.38. The van der Waals surface area contributed by atoms with Gasteiger partial charge < -0.3 is 18.5 Å². The highest BCUT2D eigenvalue weighted by Gasteiger charge is 2.34. The predicted octanol–water partition coefficient (Wildman–Crippen LogP) is 3.38. The molecule has 3 aromatic rings. The maximum atomic E-state index is 13.2. The van der Waals surface area contributed by atoms with Gasteiger partial charge in [-0.05, 0) is 38.1 Å². The first-order valence-corrected chi connectivity index (χ1v) is 10.2. The minimum absolute atomic E-state index is 0.0572. The number of benzene rings is 1. The molecule has 0 radical (unpaired) electrons. The van der Waals surface area contributed by atoms with Crippen LogP contribution in [0.25, 0.3) is 11.7 Å². The third-order valence-electron chi connectivity index (χ3n) is 4.33. The van der Waals surface area contributed by atoms with E-state index < -0.39 is 9.84 Å². The number of hydrogen-bond donors (Lipinski definition) is 0. The van der Waals surface area contributed by atoms with E-state index in [1.807, 2.05) is 18.7 Å². The number of anilines is 1. The van der Waals surface area contributed by atoms with Crippen LogP contribution >= 0.6 is 0 Å². The molecule has 3 heterocycles. The van der Waals surface area contributed by atoms with E-state index in [9.17, 15) is 8.42 Å². The quantitative estimate of drug-likeness (QED) is 0.677. The van der Waals surface area contributed by atoms with Crippen LogP contribution in [0.1, 0.15) is 13.8 Å². The fourth-order valence-corrected chi connectivity index (χ4v) is 4.58. The molecule has 8 heteroatoms. The van der Waals surface area contributed by atoms with Crippen molar-refractivity contribution >= 4 is 15.7 Å². The van der Waals surface area contributed by atoms with Crippen LogP contribution in [0.3, 0.4) is 0 Å². The zero-order chi connectivity index (χ0) is 19.0. The van der Waals surface area contributed by atoms with Crippen molar-refractivity contribution in [3.63, 3.8) is 0 Å². The Bertz CT molecular complexity index is 1000. The zero-order valence-electron chi connectivity index (χ0n) is 15.0. The minimum atomic E-state index is -3.85. The van der Waals surface area contributed by atoms with Gasteiger partial charge in [-0.15, -0.1) is 0 Å². The highest BCUT2D eigenvalue weighted by Crippen LogP contribution is 2.35. The van der Waals surface area contributed by atoms with Crippen LogP contribution in [-0.4, -0.2) is 38.7 Å². The average molecular weight is 388 g/mol. The number of rotatable bonds is 4. The molecule has 0 aliphatic carbocycles. The Morgan fingerprint density at radius 2 is 1.74 bits per heavy atom. The van der Waals surface area contributed by atoms with E-state index in [1.165, 1.54) is 6.26 Å². The van der Waals surface area contributed by atoms with Crippen LogP contribution < -0.4 is 4.90 Å². The van der Waals surface area contributed by atoms with E-state index in [4.69, 9.17) is 13.6 Å². The van der Waals surface area contributed by atoms with Crippen molar-refractivity contribution < 1.29 is 22.0 Å². The molecule has 142 valence electrons. The molecule has 0 spiro atoms. The van der Waals surface area contributed by atoms with Crippen molar-refractivity contribution in [2.24, 2.45) is 0 Å². The molecule has 1 fully saturated rings. The van der Waals surface area contributed by atoms with Gasteiger partial charge in [0.1, 0.15) is 0 Å². The molecule has 4 rings (SSSR count). The smallest absolute Gasteiger partial charge is 0.266 e.